The van der Waals surface area contributed by atoms with E-state index in [-0.39, 0.29) is 0 Å². The van der Waals surface area contributed by atoms with Crippen LogP contribution in [-0.4, -0.2) is 0 Å². The first kappa shape index (κ1) is 4.60. The zero-order valence-electron chi connectivity index (χ0n) is 5.30. The Balaban J connectivity index is 2.08. The Morgan fingerprint density at radius 2 is 2.38 bits per heavy atom. The maximum absolute atomic E-state index is 2.39. The second kappa shape index (κ2) is 1.37. The van der Waals surface area contributed by atoms with Crippen molar-refractivity contribution >= 4 is 0 Å². The van der Waals surface area contributed by atoms with Crippen molar-refractivity contribution < 1.29 is 0 Å². The van der Waals surface area contributed by atoms with Crippen LogP contribution in [0.15, 0.2) is 12.2 Å². The van der Waals surface area contributed by atoms with Crippen molar-refractivity contribution in [3.63, 3.8) is 0 Å². The van der Waals surface area contributed by atoms with Crippen molar-refractivity contribution in [3.05, 3.63) is 12.2 Å². The Morgan fingerprint density at radius 3 is 2.88 bits per heavy atom. The van der Waals surface area contributed by atoms with Gasteiger partial charge in [-0.3, -0.25) is 0 Å². The zero-order chi connectivity index (χ0) is 5.56. The van der Waals surface area contributed by atoms with Crippen LogP contribution < -0.4 is 0 Å². The fourth-order valence-corrected chi connectivity index (χ4v) is 2.04. The lowest BCUT2D eigenvalue weighted by atomic mass is 9.67. The third-order valence-electron chi connectivity index (χ3n) is 2.72. The lowest BCUT2D eigenvalue weighted by molar-refractivity contribution is 0.143. The molecule has 0 aromatic carbocycles. The minimum Gasteiger partial charge on any atom is -0.0879 e. The van der Waals surface area contributed by atoms with Gasteiger partial charge in [0.05, 0.1) is 0 Å². The molecule has 0 heteroatoms. The summed E-state index contributed by atoms with van der Waals surface area (Å²) in [4.78, 5) is 0. The van der Waals surface area contributed by atoms with Crippen LogP contribution in [0.2, 0.25) is 0 Å². The quantitative estimate of drug-likeness (QED) is 0.417. The molecule has 2 rings (SSSR count). The van der Waals surface area contributed by atoms with Crippen LogP contribution in [0.3, 0.4) is 0 Å². The van der Waals surface area contributed by atoms with Gasteiger partial charge in [0, 0.05) is 0 Å². The van der Waals surface area contributed by atoms with Gasteiger partial charge in [-0.05, 0) is 30.6 Å². The van der Waals surface area contributed by atoms with Crippen LogP contribution in [0.1, 0.15) is 19.8 Å². The molecule has 0 aromatic rings. The molecule has 3 atom stereocenters. The summed E-state index contributed by atoms with van der Waals surface area (Å²) in [5.74, 6) is 3.06. The van der Waals surface area contributed by atoms with Crippen molar-refractivity contribution in [2.24, 2.45) is 17.8 Å². The van der Waals surface area contributed by atoms with Gasteiger partial charge in [0.1, 0.15) is 0 Å². The second-order valence-electron chi connectivity index (χ2n) is 3.20. The molecule has 0 aliphatic heterocycles. The van der Waals surface area contributed by atoms with E-state index in [0.717, 1.165) is 17.8 Å². The molecule has 1 fully saturated rings. The molecule has 2 aliphatic rings. The average Bonchev–Trinajstić information content (AvgIpc) is 2.09. The number of rotatable bonds is 0. The number of hydrogen-bond acceptors (Lipinski definition) is 0. The Hall–Kier alpha value is -0.260. The fourth-order valence-electron chi connectivity index (χ4n) is 2.04. The largest absolute Gasteiger partial charge is 0.0879 e. The summed E-state index contributed by atoms with van der Waals surface area (Å²) in [6, 6.07) is 0. The van der Waals surface area contributed by atoms with Crippen molar-refractivity contribution in [3.8, 4) is 0 Å². The lowest BCUT2D eigenvalue weighted by Gasteiger charge is -2.37. The van der Waals surface area contributed by atoms with E-state index in [2.05, 4.69) is 19.1 Å². The monoisotopic (exact) mass is 108 g/mol. The average molecular weight is 108 g/mol. The molecule has 0 N–H and O–H groups in total. The summed E-state index contributed by atoms with van der Waals surface area (Å²) >= 11 is 0. The molecule has 0 nitrogen and oxygen atoms in total. The lowest BCUT2D eigenvalue weighted by Crippen LogP contribution is -2.29. The first-order valence-electron chi connectivity index (χ1n) is 3.54. The smallest absolute Gasteiger partial charge is 0.0197 e. The van der Waals surface area contributed by atoms with E-state index >= 15 is 0 Å². The molecule has 8 heavy (non-hydrogen) atoms. The second-order valence-corrected chi connectivity index (χ2v) is 3.20. The van der Waals surface area contributed by atoms with Crippen molar-refractivity contribution in [1.29, 1.82) is 0 Å². The van der Waals surface area contributed by atoms with Gasteiger partial charge in [0.15, 0.2) is 0 Å². The molecular weight excluding hydrogens is 96.1 g/mol. The Kier molecular flexibility index (Phi) is 0.787. The van der Waals surface area contributed by atoms with E-state index in [0.29, 0.717) is 0 Å². The highest BCUT2D eigenvalue weighted by atomic mass is 14.4. The standard InChI is InChI=1S/C8H12/c1-6-5-7-3-2-4-8(6)7/h2-3,6-8H,4-5H2,1H3/t6?,7-,8+/m0/s1. The number of fused-ring (bicyclic) bond motifs is 1. The van der Waals surface area contributed by atoms with Crippen molar-refractivity contribution in [2.45, 2.75) is 19.8 Å². The van der Waals surface area contributed by atoms with E-state index in [4.69, 9.17) is 0 Å². The highest BCUT2D eigenvalue weighted by Gasteiger charge is 2.37. The molecule has 0 aromatic heterocycles. The third kappa shape index (κ3) is 0.410. The fraction of sp³-hybridized carbons (Fsp3) is 0.750. The number of allylic oxidation sites excluding steroid dienone is 2. The maximum Gasteiger partial charge on any atom is -0.0197 e. The summed E-state index contributed by atoms with van der Waals surface area (Å²) < 4.78 is 0. The van der Waals surface area contributed by atoms with Crippen molar-refractivity contribution in [2.75, 3.05) is 0 Å². The number of hydrogen-bond donors (Lipinski definition) is 0. The molecule has 0 radical (unpaired) electrons. The van der Waals surface area contributed by atoms with E-state index < -0.39 is 0 Å². The predicted octanol–water partition coefficient (Wildman–Crippen LogP) is 2.22. The van der Waals surface area contributed by atoms with Gasteiger partial charge in [-0.2, -0.15) is 0 Å². The first-order valence-corrected chi connectivity index (χ1v) is 3.54. The Labute approximate surface area is 50.6 Å². The van der Waals surface area contributed by atoms with Crippen LogP contribution in [0.5, 0.6) is 0 Å². The Morgan fingerprint density at radius 1 is 1.50 bits per heavy atom. The summed E-state index contributed by atoms with van der Waals surface area (Å²) in [6.07, 6.45) is 7.57. The minimum atomic E-state index is 0.991. The molecule has 1 saturated carbocycles. The van der Waals surface area contributed by atoms with Gasteiger partial charge in [0.2, 0.25) is 0 Å². The van der Waals surface area contributed by atoms with Crippen LogP contribution >= 0.6 is 0 Å². The SMILES string of the molecule is CC1C[C@@H]2C=CC[C@H]12. The van der Waals surface area contributed by atoms with E-state index in [9.17, 15) is 0 Å². The highest BCUT2D eigenvalue weighted by Crippen LogP contribution is 2.46. The maximum atomic E-state index is 2.39. The van der Waals surface area contributed by atoms with Crippen LogP contribution in [0.4, 0.5) is 0 Å². The normalized spacial score (nSPS) is 50.9. The highest BCUT2D eigenvalue weighted by molar-refractivity contribution is 5.08. The summed E-state index contributed by atoms with van der Waals surface area (Å²) in [5, 5.41) is 0. The molecule has 0 spiro atoms. The third-order valence-corrected chi connectivity index (χ3v) is 2.72. The Bertz CT molecular complexity index is 124. The van der Waals surface area contributed by atoms with Crippen molar-refractivity contribution in [1.82, 2.24) is 0 Å². The minimum absolute atomic E-state index is 0.991. The molecule has 0 amide bonds. The van der Waals surface area contributed by atoms with Gasteiger partial charge in [-0.1, -0.05) is 19.1 Å². The molecule has 1 unspecified atom stereocenters. The van der Waals surface area contributed by atoms with Gasteiger partial charge < -0.3 is 0 Å². The van der Waals surface area contributed by atoms with E-state index in [1.807, 2.05) is 0 Å². The zero-order valence-corrected chi connectivity index (χ0v) is 5.30. The van der Waals surface area contributed by atoms with Crippen LogP contribution in [0.25, 0.3) is 0 Å². The topological polar surface area (TPSA) is 0 Å². The molecular formula is C8H12. The van der Waals surface area contributed by atoms with E-state index in [1.165, 1.54) is 12.8 Å². The summed E-state index contributed by atoms with van der Waals surface area (Å²) in [6.45, 7) is 2.37. The summed E-state index contributed by atoms with van der Waals surface area (Å²) in [5.41, 5.74) is 0. The van der Waals surface area contributed by atoms with Gasteiger partial charge in [0.25, 0.3) is 0 Å². The molecule has 44 valence electrons. The van der Waals surface area contributed by atoms with Gasteiger partial charge in [-0.25, -0.2) is 0 Å². The van der Waals surface area contributed by atoms with Gasteiger partial charge in [-0.15, -0.1) is 0 Å². The van der Waals surface area contributed by atoms with E-state index in [1.54, 1.807) is 0 Å². The summed E-state index contributed by atoms with van der Waals surface area (Å²) in [7, 11) is 0. The first-order chi connectivity index (χ1) is 3.88. The van der Waals surface area contributed by atoms with Crippen LogP contribution in [-0.2, 0) is 0 Å². The molecule has 0 saturated heterocycles. The molecule has 0 heterocycles. The predicted molar refractivity (Wildman–Crippen MR) is 34.5 cm³/mol. The molecule has 2 aliphatic carbocycles. The van der Waals surface area contributed by atoms with Crippen LogP contribution in [0, 0.1) is 17.8 Å². The van der Waals surface area contributed by atoms with Gasteiger partial charge >= 0.3 is 0 Å². The molecule has 0 bridgehead atoms.